The number of thiazole rings is 1. The van der Waals surface area contributed by atoms with Crippen LogP contribution in [0.2, 0.25) is 0 Å². The van der Waals surface area contributed by atoms with Gasteiger partial charge in [-0.1, -0.05) is 52.7 Å². The van der Waals surface area contributed by atoms with Crippen molar-refractivity contribution in [1.82, 2.24) is 4.57 Å². The third-order valence-corrected chi connectivity index (χ3v) is 7.56. The van der Waals surface area contributed by atoms with Crippen LogP contribution in [0.4, 0.5) is 5.69 Å². The van der Waals surface area contributed by atoms with Crippen LogP contribution in [0.25, 0.3) is 6.08 Å². The number of esters is 1. The molecule has 0 spiro atoms. The van der Waals surface area contributed by atoms with Crippen molar-refractivity contribution in [3.63, 3.8) is 0 Å². The Morgan fingerprint density at radius 1 is 1.19 bits per heavy atom. The van der Waals surface area contributed by atoms with Gasteiger partial charge in [0.15, 0.2) is 4.80 Å². The van der Waals surface area contributed by atoms with E-state index in [2.05, 4.69) is 15.9 Å². The summed E-state index contributed by atoms with van der Waals surface area (Å²) in [5, 5.41) is 0. The molecule has 1 aliphatic heterocycles. The van der Waals surface area contributed by atoms with E-state index < -0.39 is 12.0 Å². The third-order valence-electron chi connectivity index (χ3n) is 6.09. The highest BCUT2D eigenvalue weighted by Crippen LogP contribution is 2.38. The quantitative estimate of drug-likeness (QED) is 0.367. The van der Waals surface area contributed by atoms with Gasteiger partial charge in [-0.25, -0.2) is 9.79 Å². The Balaban J connectivity index is 2.00. The zero-order valence-corrected chi connectivity index (χ0v) is 24.0. The van der Waals surface area contributed by atoms with Gasteiger partial charge in [0.2, 0.25) is 0 Å². The van der Waals surface area contributed by atoms with Crippen molar-refractivity contribution in [2.24, 2.45) is 4.99 Å². The summed E-state index contributed by atoms with van der Waals surface area (Å²) >= 11 is 4.86. The zero-order valence-electron chi connectivity index (χ0n) is 21.6. The summed E-state index contributed by atoms with van der Waals surface area (Å²) in [5.41, 5.74) is 3.45. The molecule has 1 atom stereocenters. The minimum absolute atomic E-state index is 0.218. The molecule has 3 aromatic rings. The maximum Gasteiger partial charge on any atom is 0.338 e. The fourth-order valence-corrected chi connectivity index (χ4v) is 5.75. The molecule has 1 aliphatic rings. The Kier molecular flexibility index (Phi) is 8.34. The second-order valence-corrected chi connectivity index (χ2v) is 10.7. The first-order valence-corrected chi connectivity index (χ1v) is 13.7. The Labute approximate surface area is 228 Å². The van der Waals surface area contributed by atoms with E-state index in [9.17, 15) is 9.59 Å². The topological polar surface area (TPSA) is 73.1 Å². The summed E-state index contributed by atoms with van der Waals surface area (Å²) in [6.07, 6.45) is 3.24. The number of nitrogens with zero attached hydrogens (tertiary/aromatic N) is 3. The predicted octanol–water partition coefficient (Wildman–Crippen LogP) is 4.42. The van der Waals surface area contributed by atoms with E-state index in [-0.39, 0.29) is 12.2 Å². The number of halogens is 1. The standard InChI is InChI=1S/C28H30BrN3O4S/c1-6-8-21-24(27(34)36-7-2)25(20-16-18(29)11-14-22(20)35-5)32-26(33)23(37-28(32)30-21)15-17-9-12-19(13-10-17)31(3)4/h9-16,25H,6-8H2,1-5H3/b23-15+/t25-/m0/s1. The Morgan fingerprint density at radius 2 is 1.92 bits per heavy atom. The summed E-state index contributed by atoms with van der Waals surface area (Å²) in [5.74, 6) is 0.0943. The van der Waals surface area contributed by atoms with Crippen LogP contribution in [0.1, 0.15) is 43.9 Å². The summed E-state index contributed by atoms with van der Waals surface area (Å²) in [4.78, 5) is 34.6. The number of carbonyl (C=O) groups excluding carboxylic acids is 1. The summed E-state index contributed by atoms with van der Waals surface area (Å²) < 4.78 is 14.1. The predicted molar refractivity (Wildman–Crippen MR) is 151 cm³/mol. The number of methoxy groups -OCH3 is 1. The van der Waals surface area contributed by atoms with Crippen molar-refractivity contribution in [3.8, 4) is 5.75 Å². The number of ether oxygens (including phenoxy) is 2. The molecule has 0 bridgehead atoms. The molecule has 37 heavy (non-hydrogen) atoms. The van der Waals surface area contributed by atoms with Crippen LogP contribution in [-0.2, 0) is 9.53 Å². The minimum Gasteiger partial charge on any atom is -0.496 e. The second-order valence-electron chi connectivity index (χ2n) is 8.79. The van der Waals surface area contributed by atoms with Gasteiger partial charge in [-0.3, -0.25) is 9.36 Å². The van der Waals surface area contributed by atoms with E-state index in [1.54, 1.807) is 18.6 Å². The number of hydrogen-bond acceptors (Lipinski definition) is 7. The molecule has 7 nitrogen and oxygen atoms in total. The fraction of sp³-hybridized carbons (Fsp3) is 0.321. The highest BCUT2D eigenvalue weighted by molar-refractivity contribution is 9.10. The zero-order chi connectivity index (χ0) is 26.7. The number of fused-ring (bicyclic) bond motifs is 1. The Morgan fingerprint density at radius 3 is 2.54 bits per heavy atom. The van der Waals surface area contributed by atoms with Crippen molar-refractivity contribution >= 4 is 45.0 Å². The molecule has 2 aromatic carbocycles. The number of hydrogen-bond donors (Lipinski definition) is 0. The maximum absolute atomic E-state index is 13.9. The number of aromatic nitrogens is 1. The Bertz CT molecular complexity index is 1520. The van der Waals surface area contributed by atoms with Crippen LogP contribution in [-0.4, -0.2) is 38.3 Å². The lowest BCUT2D eigenvalue weighted by molar-refractivity contribution is -0.139. The lowest BCUT2D eigenvalue weighted by Crippen LogP contribution is -2.40. The van der Waals surface area contributed by atoms with Gasteiger partial charge in [-0.05, 0) is 55.3 Å². The molecule has 0 amide bonds. The largest absolute Gasteiger partial charge is 0.496 e. The van der Waals surface area contributed by atoms with Crippen LogP contribution >= 0.6 is 27.3 Å². The number of carbonyl (C=O) groups is 1. The van der Waals surface area contributed by atoms with Crippen LogP contribution in [0.5, 0.6) is 5.75 Å². The van der Waals surface area contributed by atoms with E-state index in [1.807, 2.05) is 74.5 Å². The lowest BCUT2D eigenvalue weighted by Gasteiger charge is -2.27. The average Bonchev–Trinajstić information content (AvgIpc) is 3.18. The molecule has 4 rings (SSSR count). The Hall–Kier alpha value is -3.17. The van der Waals surface area contributed by atoms with Crippen molar-refractivity contribution in [2.75, 3.05) is 32.7 Å². The van der Waals surface area contributed by atoms with Crippen molar-refractivity contribution in [2.45, 2.75) is 32.7 Å². The number of rotatable bonds is 8. The van der Waals surface area contributed by atoms with Crippen molar-refractivity contribution in [3.05, 3.63) is 89.0 Å². The van der Waals surface area contributed by atoms with Gasteiger partial charge < -0.3 is 14.4 Å². The summed E-state index contributed by atoms with van der Waals surface area (Å²) in [6, 6.07) is 12.8. The third kappa shape index (κ3) is 5.43. The molecular weight excluding hydrogens is 554 g/mol. The monoisotopic (exact) mass is 583 g/mol. The SMILES string of the molecule is CCCC1=C(C(=O)OCC)[C@H](c2cc(Br)ccc2OC)n2c(s/c(=C/c3ccc(N(C)C)cc3)c2=O)=N1. The van der Waals surface area contributed by atoms with Gasteiger partial charge in [0.25, 0.3) is 5.56 Å². The molecule has 194 valence electrons. The highest BCUT2D eigenvalue weighted by atomic mass is 79.9. The normalized spacial score (nSPS) is 15.3. The van der Waals surface area contributed by atoms with Crippen molar-refractivity contribution < 1.29 is 14.3 Å². The molecule has 0 unspecified atom stereocenters. The lowest BCUT2D eigenvalue weighted by atomic mass is 9.93. The molecule has 0 N–H and O–H groups in total. The van der Waals surface area contributed by atoms with E-state index >= 15 is 0 Å². The first kappa shape index (κ1) is 26.9. The molecule has 0 fully saturated rings. The molecule has 1 aromatic heterocycles. The average molecular weight is 585 g/mol. The highest BCUT2D eigenvalue weighted by Gasteiger charge is 2.36. The van der Waals surface area contributed by atoms with Crippen LogP contribution in [0, 0.1) is 0 Å². The fourth-order valence-electron chi connectivity index (χ4n) is 4.35. The van der Waals surface area contributed by atoms with Gasteiger partial charge in [0, 0.05) is 29.8 Å². The van der Waals surface area contributed by atoms with Crippen LogP contribution in [0.3, 0.4) is 0 Å². The van der Waals surface area contributed by atoms with E-state index in [4.69, 9.17) is 14.5 Å². The number of anilines is 1. The first-order chi connectivity index (χ1) is 17.8. The van der Waals surface area contributed by atoms with Gasteiger partial charge in [0.1, 0.15) is 11.8 Å². The van der Waals surface area contributed by atoms with Crippen LogP contribution < -0.4 is 24.5 Å². The van der Waals surface area contributed by atoms with Crippen molar-refractivity contribution in [1.29, 1.82) is 0 Å². The number of allylic oxidation sites excluding steroid dienone is 1. The molecule has 9 heteroatoms. The smallest absolute Gasteiger partial charge is 0.338 e. The second kappa shape index (κ2) is 11.5. The van der Waals surface area contributed by atoms with E-state index in [1.165, 1.54) is 11.3 Å². The maximum atomic E-state index is 13.9. The van der Waals surface area contributed by atoms with Gasteiger partial charge >= 0.3 is 5.97 Å². The first-order valence-electron chi connectivity index (χ1n) is 12.1. The van der Waals surface area contributed by atoms with E-state index in [0.29, 0.717) is 38.3 Å². The summed E-state index contributed by atoms with van der Waals surface area (Å²) in [7, 11) is 5.55. The molecule has 0 radical (unpaired) electrons. The van der Waals surface area contributed by atoms with Gasteiger partial charge in [-0.2, -0.15) is 0 Å². The molecule has 0 saturated heterocycles. The van der Waals surface area contributed by atoms with Gasteiger partial charge in [-0.15, -0.1) is 0 Å². The van der Waals surface area contributed by atoms with Gasteiger partial charge in [0.05, 0.1) is 29.5 Å². The summed E-state index contributed by atoms with van der Waals surface area (Å²) in [6.45, 7) is 4.02. The molecular formula is C28H30BrN3O4S. The van der Waals surface area contributed by atoms with Crippen LogP contribution in [0.15, 0.2) is 68.0 Å². The minimum atomic E-state index is -0.734. The molecule has 0 aliphatic carbocycles. The number of benzene rings is 2. The molecule has 2 heterocycles. The molecule has 0 saturated carbocycles. The van der Waals surface area contributed by atoms with E-state index in [0.717, 1.165) is 22.1 Å².